The quantitative estimate of drug-likeness (QED) is 0.849. The SMILES string of the molecule is Cc1ccc(N2CCN(S(=O)(=O)N3CCCCC3)CC2)c(C)c1. The highest BCUT2D eigenvalue weighted by molar-refractivity contribution is 7.86. The summed E-state index contributed by atoms with van der Waals surface area (Å²) < 4.78 is 28.8. The van der Waals surface area contributed by atoms with Crippen LogP contribution in [0, 0.1) is 13.8 Å². The minimum Gasteiger partial charge on any atom is -0.369 e. The molecule has 128 valence electrons. The van der Waals surface area contributed by atoms with E-state index in [1.807, 2.05) is 0 Å². The Kier molecular flexibility index (Phi) is 4.94. The van der Waals surface area contributed by atoms with Crippen molar-refractivity contribution in [2.24, 2.45) is 0 Å². The van der Waals surface area contributed by atoms with Crippen molar-refractivity contribution in [1.82, 2.24) is 8.61 Å². The van der Waals surface area contributed by atoms with Crippen LogP contribution in [-0.2, 0) is 10.2 Å². The van der Waals surface area contributed by atoms with Gasteiger partial charge in [0.1, 0.15) is 0 Å². The Hall–Kier alpha value is -1.11. The van der Waals surface area contributed by atoms with E-state index in [0.29, 0.717) is 26.2 Å². The highest BCUT2D eigenvalue weighted by Gasteiger charge is 2.33. The van der Waals surface area contributed by atoms with Crippen LogP contribution in [-0.4, -0.2) is 56.3 Å². The molecule has 0 amide bonds. The fourth-order valence-electron chi connectivity index (χ4n) is 3.58. The van der Waals surface area contributed by atoms with E-state index in [1.165, 1.54) is 16.8 Å². The molecule has 0 spiro atoms. The maximum Gasteiger partial charge on any atom is 0.282 e. The van der Waals surface area contributed by atoms with E-state index >= 15 is 0 Å². The minimum atomic E-state index is -3.27. The molecule has 1 aromatic rings. The zero-order valence-electron chi connectivity index (χ0n) is 14.2. The zero-order valence-corrected chi connectivity index (χ0v) is 15.0. The minimum absolute atomic E-state index is 0.576. The fourth-order valence-corrected chi connectivity index (χ4v) is 5.25. The molecule has 2 fully saturated rings. The number of rotatable bonds is 3. The molecule has 0 radical (unpaired) electrons. The maximum absolute atomic E-state index is 12.7. The van der Waals surface area contributed by atoms with Gasteiger partial charge in [0.15, 0.2) is 0 Å². The Balaban J connectivity index is 1.66. The van der Waals surface area contributed by atoms with E-state index in [9.17, 15) is 8.42 Å². The molecule has 5 nitrogen and oxygen atoms in total. The first-order chi connectivity index (χ1) is 11.0. The second-order valence-corrected chi connectivity index (χ2v) is 8.57. The lowest BCUT2D eigenvalue weighted by molar-refractivity contribution is 0.295. The molecule has 2 aliphatic heterocycles. The summed E-state index contributed by atoms with van der Waals surface area (Å²) in [5.41, 5.74) is 3.75. The Morgan fingerprint density at radius 3 is 2.04 bits per heavy atom. The molecule has 0 saturated carbocycles. The van der Waals surface area contributed by atoms with Gasteiger partial charge < -0.3 is 4.90 Å². The monoisotopic (exact) mass is 337 g/mol. The van der Waals surface area contributed by atoms with Crippen LogP contribution >= 0.6 is 0 Å². The Bertz CT molecular complexity index is 646. The van der Waals surface area contributed by atoms with Crippen LogP contribution in [0.2, 0.25) is 0 Å². The van der Waals surface area contributed by atoms with Crippen molar-refractivity contribution >= 4 is 15.9 Å². The molecular weight excluding hydrogens is 310 g/mol. The normalized spacial score (nSPS) is 21.6. The molecule has 6 heteroatoms. The summed E-state index contributed by atoms with van der Waals surface area (Å²) in [7, 11) is -3.27. The lowest BCUT2D eigenvalue weighted by Gasteiger charge is -2.39. The molecule has 0 unspecified atom stereocenters. The highest BCUT2D eigenvalue weighted by atomic mass is 32.2. The number of benzene rings is 1. The largest absolute Gasteiger partial charge is 0.369 e. The molecule has 0 aliphatic carbocycles. The summed E-state index contributed by atoms with van der Waals surface area (Å²) in [6, 6.07) is 6.46. The van der Waals surface area contributed by atoms with E-state index in [1.54, 1.807) is 8.61 Å². The van der Waals surface area contributed by atoms with Crippen molar-refractivity contribution in [3.05, 3.63) is 29.3 Å². The predicted octanol–water partition coefficient (Wildman–Crippen LogP) is 2.16. The predicted molar refractivity (Wildman–Crippen MR) is 94.0 cm³/mol. The summed E-state index contributed by atoms with van der Waals surface area (Å²) in [6.07, 6.45) is 3.12. The summed E-state index contributed by atoms with van der Waals surface area (Å²) >= 11 is 0. The van der Waals surface area contributed by atoms with Gasteiger partial charge in [-0.15, -0.1) is 0 Å². The fraction of sp³-hybridized carbons (Fsp3) is 0.647. The maximum atomic E-state index is 12.7. The van der Waals surface area contributed by atoms with Crippen molar-refractivity contribution in [2.75, 3.05) is 44.2 Å². The lowest BCUT2D eigenvalue weighted by atomic mass is 10.1. The molecule has 0 atom stereocenters. The summed E-state index contributed by atoms with van der Waals surface area (Å²) in [5.74, 6) is 0. The van der Waals surface area contributed by atoms with Crippen molar-refractivity contribution < 1.29 is 8.42 Å². The van der Waals surface area contributed by atoms with E-state index in [0.717, 1.165) is 32.4 Å². The topological polar surface area (TPSA) is 43.9 Å². The molecule has 3 rings (SSSR count). The molecular formula is C17H27N3O2S. The van der Waals surface area contributed by atoms with Crippen LogP contribution in [0.5, 0.6) is 0 Å². The molecule has 0 aromatic heterocycles. The first kappa shape index (κ1) is 16.7. The summed E-state index contributed by atoms with van der Waals surface area (Å²) in [5, 5.41) is 0. The van der Waals surface area contributed by atoms with Gasteiger partial charge in [-0.1, -0.05) is 24.1 Å². The van der Waals surface area contributed by atoms with Gasteiger partial charge in [-0.25, -0.2) is 0 Å². The molecule has 23 heavy (non-hydrogen) atoms. The standard InChI is InChI=1S/C17H27N3O2S/c1-15-6-7-17(16(2)14-15)18-10-12-20(13-11-18)23(21,22)19-8-4-3-5-9-19/h6-7,14H,3-5,8-13H2,1-2H3. The van der Waals surface area contributed by atoms with Crippen LogP contribution in [0.25, 0.3) is 0 Å². The van der Waals surface area contributed by atoms with E-state index in [-0.39, 0.29) is 0 Å². The summed E-state index contributed by atoms with van der Waals surface area (Å²) in [4.78, 5) is 2.30. The van der Waals surface area contributed by atoms with Crippen LogP contribution in [0.4, 0.5) is 5.69 Å². The molecule has 1 aromatic carbocycles. The van der Waals surface area contributed by atoms with Crippen LogP contribution in [0.1, 0.15) is 30.4 Å². The third-order valence-corrected chi connectivity index (χ3v) is 6.93. The first-order valence-corrected chi connectivity index (χ1v) is 9.95. The second-order valence-electron chi connectivity index (χ2n) is 6.64. The van der Waals surface area contributed by atoms with Gasteiger partial charge in [0.25, 0.3) is 10.2 Å². The average Bonchev–Trinajstić information content (AvgIpc) is 2.56. The van der Waals surface area contributed by atoms with Gasteiger partial charge in [-0.3, -0.25) is 0 Å². The smallest absolute Gasteiger partial charge is 0.282 e. The first-order valence-electron chi connectivity index (χ1n) is 8.56. The van der Waals surface area contributed by atoms with Crippen LogP contribution < -0.4 is 4.90 Å². The van der Waals surface area contributed by atoms with Gasteiger partial charge in [0, 0.05) is 45.0 Å². The third kappa shape index (κ3) is 3.54. The van der Waals surface area contributed by atoms with Crippen molar-refractivity contribution in [1.29, 1.82) is 0 Å². The van der Waals surface area contributed by atoms with E-state index in [2.05, 4.69) is 36.9 Å². The van der Waals surface area contributed by atoms with Gasteiger partial charge in [-0.05, 0) is 38.3 Å². The van der Waals surface area contributed by atoms with Gasteiger partial charge in [0.2, 0.25) is 0 Å². The average molecular weight is 337 g/mol. The number of nitrogens with zero attached hydrogens (tertiary/aromatic N) is 3. The van der Waals surface area contributed by atoms with Crippen LogP contribution in [0.3, 0.4) is 0 Å². The van der Waals surface area contributed by atoms with Crippen molar-refractivity contribution in [3.8, 4) is 0 Å². The van der Waals surface area contributed by atoms with Crippen molar-refractivity contribution in [2.45, 2.75) is 33.1 Å². The Morgan fingerprint density at radius 2 is 1.43 bits per heavy atom. The molecule has 2 aliphatic rings. The third-order valence-electron chi connectivity index (χ3n) is 4.90. The summed E-state index contributed by atoms with van der Waals surface area (Å²) in [6.45, 7) is 8.25. The highest BCUT2D eigenvalue weighted by Crippen LogP contribution is 2.24. The number of hydrogen-bond acceptors (Lipinski definition) is 3. The number of piperidine rings is 1. The zero-order chi connectivity index (χ0) is 16.4. The molecule has 2 heterocycles. The number of piperazine rings is 1. The number of anilines is 1. The second kappa shape index (κ2) is 6.79. The van der Waals surface area contributed by atoms with E-state index in [4.69, 9.17) is 0 Å². The van der Waals surface area contributed by atoms with Gasteiger partial charge in [0.05, 0.1) is 0 Å². The molecule has 2 saturated heterocycles. The van der Waals surface area contributed by atoms with Gasteiger partial charge >= 0.3 is 0 Å². The van der Waals surface area contributed by atoms with Crippen molar-refractivity contribution in [3.63, 3.8) is 0 Å². The van der Waals surface area contributed by atoms with Crippen LogP contribution in [0.15, 0.2) is 18.2 Å². The Morgan fingerprint density at radius 1 is 0.826 bits per heavy atom. The molecule has 0 N–H and O–H groups in total. The van der Waals surface area contributed by atoms with E-state index < -0.39 is 10.2 Å². The molecule has 0 bridgehead atoms. The van der Waals surface area contributed by atoms with Gasteiger partial charge in [-0.2, -0.15) is 17.0 Å². The lowest BCUT2D eigenvalue weighted by Crippen LogP contribution is -2.54. The number of hydrogen-bond donors (Lipinski definition) is 0. The number of aryl methyl sites for hydroxylation is 2. The Labute approximate surface area is 140 Å².